The molecule has 4 aromatic rings. The minimum atomic E-state index is -4.69. The number of aliphatic hydroxyl groups excluding tert-OH is 1. The number of benzene rings is 2. The standard InChI is InChI=1S/C34H37F4N5O4/c1-20-10-12-24-21(11-13-28(44)34(36,37)38)7-5-8-25(24)29(20)46-30-26(9-6-15-39-30)27-14-16-40-31(42-27)41-23-17-22(35)18-43(19-23)32(45)47-33(2,3)4/h5-10,12,14-16,22-23,28,44H,11,13,17-19H2,1-4H3,(H,40,41,42)/t22-,23-,28-/m0/s1. The Morgan fingerprint density at radius 3 is 2.57 bits per heavy atom. The van der Waals surface area contributed by atoms with E-state index in [-0.39, 0.29) is 37.8 Å². The number of aromatic nitrogens is 3. The second-order valence-electron chi connectivity index (χ2n) is 12.6. The van der Waals surface area contributed by atoms with Gasteiger partial charge in [-0.05, 0) is 75.2 Å². The Bertz CT molecular complexity index is 1730. The highest BCUT2D eigenvalue weighted by Crippen LogP contribution is 2.38. The third kappa shape index (κ3) is 8.45. The van der Waals surface area contributed by atoms with E-state index in [1.165, 1.54) is 4.90 Å². The molecule has 2 aromatic carbocycles. The number of aryl methyl sites for hydroxylation is 2. The Balaban J connectivity index is 1.38. The van der Waals surface area contributed by atoms with Crippen LogP contribution in [0.2, 0.25) is 0 Å². The van der Waals surface area contributed by atoms with Gasteiger partial charge in [-0.3, -0.25) is 0 Å². The molecule has 9 nitrogen and oxygen atoms in total. The highest BCUT2D eigenvalue weighted by molar-refractivity contribution is 5.92. The van der Waals surface area contributed by atoms with E-state index < -0.39 is 42.6 Å². The van der Waals surface area contributed by atoms with Gasteiger partial charge in [0.15, 0.2) is 0 Å². The summed E-state index contributed by atoms with van der Waals surface area (Å²) in [5.74, 6) is 0.947. The summed E-state index contributed by atoms with van der Waals surface area (Å²) < 4.78 is 65.3. The fourth-order valence-corrected chi connectivity index (χ4v) is 5.46. The number of pyridine rings is 1. The van der Waals surface area contributed by atoms with Crippen LogP contribution in [0.25, 0.3) is 22.0 Å². The van der Waals surface area contributed by atoms with Gasteiger partial charge >= 0.3 is 12.3 Å². The molecule has 3 heterocycles. The Labute approximate surface area is 270 Å². The van der Waals surface area contributed by atoms with Gasteiger partial charge in [-0.15, -0.1) is 0 Å². The van der Waals surface area contributed by atoms with Gasteiger partial charge in [-0.25, -0.2) is 24.1 Å². The summed E-state index contributed by atoms with van der Waals surface area (Å²) in [5.41, 5.74) is 1.73. The van der Waals surface area contributed by atoms with Crippen molar-refractivity contribution in [2.75, 3.05) is 18.4 Å². The van der Waals surface area contributed by atoms with Crippen LogP contribution in [-0.2, 0) is 11.2 Å². The van der Waals surface area contributed by atoms with Crippen molar-refractivity contribution in [3.8, 4) is 22.9 Å². The second kappa shape index (κ2) is 13.7. The third-order valence-corrected chi connectivity index (χ3v) is 7.65. The highest BCUT2D eigenvalue weighted by atomic mass is 19.4. The molecular formula is C34H37F4N5O4. The fourth-order valence-electron chi connectivity index (χ4n) is 5.46. The maximum atomic E-state index is 14.7. The van der Waals surface area contributed by atoms with Gasteiger partial charge in [0.05, 0.1) is 17.8 Å². The summed E-state index contributed by atoms with van der Waals surface area (Å²) in [6.07, 6.45) is -6.12. The van der Waals surface area contributed by atoms with Crippen LogP contribution in [0.1, 0.15) is 44.7 Å². The molecule has 0 radical (unpaired) electrons. The Morgan fingerprint density at radius 1 is 1.04 bits per heavy atom. The number of amides is 1. The van der Waals surface area contributed by atoms with E-state index in [0.29, 0.717) is 33.3 Å². The molecule has 1 aliphatic heterocycles. The molecule has 47 heavy (non-hydrogen) atoms. The lowest BCUT2D eigenvalue weighted by Gasteiger charge is -2.36. The lowest BCUT2D eigenvalue weighted by molar-refractivity contribution is -0.205. The Hall–Kier alpha value is -4.52. The number of carbonyl (C=O) groups excluding carboxylic acids is 1. The number of aliphatic hydroxyl groups is 1. The van der Waals surface area contributed by atoms with Crippen molar-refractivity contribution >= 4 is 22.8 Å². The molecule has 1 amide bonds. The predicted molar refractivity (Wildman–Crippen MR) is 169 cm³/mol. The first-order valence-corrected chi connectivity index (χ1v) is 15.3. The van der Waals surface area contributed by atoms with Gasteiger partial charge in [-0.1, -0.05) is 30.3 Å². The number of fused-ring (bicyclic) bond motifs is 1. The minimum absolute atomic E-state index is 0.0196. The van der Waals surface area contributed by atoms with Crippen LogP contribution in [0.4, 0.5) is 28.3 Å². The molecule has 2 aromatic heterocycles. The number of hydrogen-bond acceptors (Lipinski definition) is 8. The summed E-state index contributed by atoms with van der Waals surface area (Å²) in [4.78, 5) is 27.3. The molecule has 1 saturated heterocycles. The maximum Gasteiger partial charge on any atom is 0.414 e. The smallest absolute Gasteiger partial charge is 0.414 e. The zero-order chi connectivity index (χ0) is 33.9. The number of anilines is 1. The molecule has 0 bridgehead atoms. The molecule has 3 atom stereocenters. The van der Waals surface area contributed by atoms with Crippen LogP contribution in [-0.4, -0.2) is 74.2 Å². The molecule has 0 saturated carbocycles. The lowest BCUT2D eigenvalue weighted by Crippen LogP contribution is -2.51. The molecule has 0 spiro atoms. The van der Waals surface area contributed by atoms with Crippen LogP contribution in [0.15, 0.2) is 60.9 Å². The normalized spacial score (nSPS) is 17.8. The van der Waals surface area contributed by atoms with Crippen molar-refractivity contribution in [3.63, 3.8) is 0 Å². The number of nitrogens with one attached hydrogen (secondary N) is 1. The summed E-state index contributed by atoms with van der Waals surface area (Å²) in [6.45, 7) is 7.26. The zero-order valence-electron chi connectivity index (χ0n) is 26.5. The molecule has 5 rings (SSSR count). The fraction of sp³-hybridized carbons (Fsp3) is 0.412. The van der Waals surface area contributed by atoms with Crippen LogP contribution in [0.5, 0.6) is 11.6 Å². The minimum Gasteiger partial charge on any atom is -0.444 e. The molecule has 0 aliphatic carbocycles. The van der Waals surface area contributed by atoms with Gasteiger partial charge < -0.3 is 24.8 Å². The molecule has 250 valence electrons. The first-order chi connectivity index (χ1) is 22.2. The molecule has 13 heteroatoms. The van der Waals surface area contributed by atoms with Crippen molar-refractivity contribution in [3.05, 3.63) is 72.1 Å². The van der Waals surface area contributed by atoms with E-state index in [4.69, 9.17) is 9.47 Å². The van der Waals surface area contributed by atoms with Crippen molar-refractivity contribution in [1.29, 1.82) is 0 Å². The van der Waals surface area contributed by atoms with Crippen molar-refractivity contribution in [2.24, 2.45) is 0 Å². The summed E-state index contributed by atoms with van der Waals surface area (Å²) >= 11 is 0. The van der Waals surface area contributed by atoms with Crippen LogP contribution in [0, 0.1) is 6.92 Å². The number of alkyl halides is 4. The van der Waals surface area contributed by atoms with Crippen LogP contribution >= 0.6 is 0 Å². The summed E-state index contributed by atoms with van der Waals surface area (Å²) in [5, 5.41) is 14.1. The SMILES string of the molecule is Cc1ccc2c(CC[C@H](O)C(F)(F)F)cccc2c1Oc1ncccc1-c1ccnc(N[C@H]2C[C@H](F)CN(C(=O)OC(C)(C)C)C2)n1. The Morgan fingerprint density at radius 2 is 1.83 bits per heavy atom. The molecule has 1 aliphatic rings. The molecule has 1 fully saturated rings. The monoisotopic (exact) mass is 655 g/mol. The van der Waals surface area contributed by atoms with Gasteiger partial charge in [0, 0.05) is 36.8 Å². The summed E-state index contributed by atoms with van der Waals surface area (Å²) in [6, 6.07) is 13.7. The van der Waals surface area contributed by atoms with E-state index in [9.17, 15) is 27.5 Å². The van der Waals surface area contributed by atoms with Gasteiger partial charge in [0.25, 0.3) is 0 Å². The van der Waals surface area contributed by atoms with Crippen molar-refractivity contribution in [2.45, 2.75) is 77.1 Å². The van der Waals surface area contributed by atoms with Crippen LogP contribution in [0.3, 0.4) is 0 Å². The average molecular weight is 656 g/mol. The number of piperidine rings is 1. The largest absolute Gasteiger partial charge is 0.444 e. The van der Waals surface area contributed by atoms with E-state index in [0.717, 1.165) is 5.56 Å². The second-order valence-corrected chi connectivity index (χ2v) is 12.6. The first-order valence-electron chi connectivity index (χ1n) is 15.3. The van der Waals surface area contributed by atoms with Gasteiger partial charge in [0.2, 0.25) is 11.8 Å². The first kappa shape index (κ1) is 33.8. The number of hydrogen-bond donors (Lipinski definition) is 2. The van der Waals surface area contributed by atoms with E-state index in [1.54, 1.807) is 63.5 Å². The van der Waals surface area contributed by atoms with E-state index in [2.05, 4.69) is 20.3 Å². The van der Waals surface area contributed by atoms with Gasteiger partial charge in [-0.2, -0.15) is 13.2 Å². The quantitative estimate of drug-likeness (QED) is 0.189. The zero-order valence-corrected chi connectivity index (χ0v) is 26.5. The maximum absolute atomic E-state index is 14.7. The van der Waals surface area contributed by atoms with Crippen molar-refractivity contribution in [1.82, 2.24) is 19.9 Å². The molecule has 2 N–H and O–H groups in total. The number of nitrogens with zero attached hydrogens (tertiary/aromatic N) is 4. The Kier molecular flexibility index (Phi) is 9.85. The number of carbonyl (C=O) groups is 1. The summed E-state index contributed by atoms with van der Waals surface area (Å²) in [7, 11) is 0. The number of ether oxygens (including phenoxy) is 2. The topological polar surface area (TPSA) is 110 Å². The van der Waals surface area contributed by atoms with Gasteiger partial charge in [0.1, 0.15) is 23.6 Å². The van der Waals surface area contributed by atoms with Crippen molar-refractivity contribution < 1.29 is 36.9 Å². The number of likely N-dealkylation sites (tertiary alicyclic amines) is 1. The number of rotatable bonds is 8. The lowest BCUT2D eigenvalue weighted by atomic mass is 9.97. The molecule has 0 unspecified atom stereocenters. The average Bonchev–Trinajstić information content (AvgIpc) is 3.00. The number of halogens is 4. The van der Waals surface area contributed by atoms with Crippen LogP contribution < -0.4 is 10.1 Å². The highest BCUT2D eigenvalue weighted by Gasteiger charge is 2.37. The predicted octanol–water partition coefficient (Wildman–Crippen LogP) is 7.41. The van der Waals surface area contributed by atoms with E-state index >= 15 is 0 Å². The van der Waals surface area contributed by atoms with E-state index in [1.807, 2.05) is 25.1 Å². The third-order valence-electron chi connectivity index (χ3n) is 7.65. The molecular weight excluding hydrogens is 618 g/mol.